The Balaban J connectivity index is 0.000000162. The second kappa shape index (κ2) is 6.99. The second-order valence-electron chi connectivity index (χ2n) is 2.40. The van der Waals surface area contributed by atoms with Crippen LogP contribution in [0.15, 0.2) is 0 Å². The van der Waals surface area contributed by atoms with Gasteiger partial charge in [-0.2, -0.15) is 0 Å². The summed E-state index contributed by atoms with van der Waals surface area (Å²) in [4.78, 5) is 0. The molecule has 0 amide bonds. The second-order valence-corrected chi connectivity index (χ2v) is 2.40. The standard InChI is InChI=1S/C4H8O.C3H9NO/c1-2-4-5-3-1;1-3(5)2-4/h1-4H2;3,5H,2,4H2,1H3. The van der Waals surface area contributed by atoms with Crippen LogP contribution in [0.3, 0.4) is 0 Å². The topological polar surface area (TPSA) is 55.5 Å². The van der Waals surface area contributed by atoms with E-state index in [0.717, 1.165) is 13.2 Å². The molecule has 0 saturated carbocycles. The summed E-state index contributed by atoms with van der Waals surface area (Å²) in [5.41, 5.74) is 4.92. The first-order valence-corrected chi connectivity index (χ1v) is 3.73. The minimum Gasteiger partial charge on any atom is -0.392 e. The highest BCUT2D eigenvalue weighted by Gasteiger charge is 1.94. The lowest BCUT2D eigenvalue weighted by molar-refractivity contribution is 0.198. The molecular weight excluding hydrogens is 130 g/mol. The Bertz CT molecular complexity index is 55.0. The average molecular weight is 147 g/mol. The summed E-state index contributed by atoms with van der Waals surface area (Å²) in [6.07, 6.45) is 2.22. The summed E-state index contributed by atoms with van der Waals surface area (Å²) in [5, 5.41) is 8.24. The van der Waals surface area contributed by atoms with Gasteiger partial charge >= 0.3 is 0 Å². The van der Waals surface area contributed by atoms with Gasteiger partial charge in [0.05, 0.1) is 6.10 Å². The fraction of sp³-hybridized carbons (Fsp3) is 1.00. The molecule has 10 heavy (non-hydrogen) atoms. The molecule has 3 N–H and O–H groups in total. The van der Waals surface area contributed by atoms with Crippen LogP contribution in [-0.2, 0) is 4.74 Å². The van der Waals surface area contributed by atoms with E-state index in [0.29, 0.717) is 6.54 Å². The molecule has 1 aliphatic heterocycles. The van der Waals surface area contributed by atoms with Crippen molar-refractivity contribution in [3.8, 4) is 0 Å². The van der Waals surface area contributed by atoms with E-state index in [1.165, 1.54) is 12.8 Å². The summed E-state index contributed by atoms with van der Waals surface area (Å²) in [7, 11) is 0. The maximum Gasteiger partial charge on any atom is 0.0634 e. The highest BCUT2D eigenvalue weighted by molar-refractivity contribution is 4.43. The SMILES string of the molecule is C1CCOC1.CC(O)CN. The molecule has 0 bridgehead atoms. The lowest BCUT2D eigenvalue weighted by Crippen LogP contribution is -2.14. The van der Waals surface area contributed by atoms with Gasteiger partial charge in [-0.3, -0.25) is 0 Å². The lowest BCUT2D eigenvalue weighted by Gasteiger charge is -1.91. The molecule has 0 radical (unpaired) electrons. The Morgan fingerprint density at radius 2 is 1.90 bits per heavy atom. The largest absolute Gasteiger partial charge is 0.392 e. The van der Waals surface area contributed by atoms with Crippen LogP contribution in [0.4, 0.5) is 0 Å². The monoisotopic (exact) mass is 147 g/mol. The molecule has 0 aliphatic carbocycles. The lowest BCUT2D eigenvalue weighted by atomic mass is 10.4. The van der Waals surface area contributed by atoms with Gasteiger partial charge in [0.1, 0.15) is 0 Å². The third-order valence-electron chi connectivity index (χ3n) is 1.17. The fourth-order valence-electron chi connectivity index (χ4n) is 0.510. The Kier molecular flexibility index (Phi) is 6.91. The molecule has 0 aromatic carbocycles. The van der Waals surface area contributed by atoms with E-state index in [4.69, 9.17) is 15.6 Å². The molecule has 1 atom stereocenters. The third kappa shape index (κ3) is 7.88. The molecule has 3 heteroatoms. The zero-order valence-corrected chi connectivity index (χ0v) is 6.55. The molecule has 0 aromatic rings. The molecule has 0 aromatic heterocycles. The minimum absolute atomic E-state index is 0.338. The van der Waals surface area contributed by atoms with Crippen molar-refractivity contribution in [1.29, 1.82) is 0 Å². The van der Waals surface area contributed by atoms with Gasteiger partial charge in [-0.05, 0) is 19.8 Å². The molecule has 1 heterocycles. The molecule has 1 aliphatic rings. The van der Waals surface area contributed by atoms with Gasteiger partial charge in [-0.15, -0.1) is 0 Å². The van der Waals surface area contributed by atoms with E-state index in [9.17, 15) is 0 Å². The van der Waals surface area contributed by atoms with E-state index in [1.54, 1.807) is 6.92 Å². The van der Waals surface area contributed by atoms with Gasteiger partial charge in [-0.25, -0.2) is 0 Å². The normalized spacial score (nSPS) is 19.5. The third-order valence-corrected chi connectivity index (χ3v) is 1.17. The van der Waals surface area contributed by atoms with Crippen molar-refractivity contribution in [2.45, 2.75) is 25.9 Å². The van der Waals surface area contributed by atoms with Gasteiger partial charge in [-0.1, -0.05) is 0 Å². The van der Waals surface area contributed by atoms with E-state index in [-0.39, 0.29) is 6.10 Å². The van der Waals surface area contributed by atoms with Gasteiger partial charge < -0.3 is 15.6 Å². The van der Waals surface area contributed by atoms with E-state index in [2.05, 4.69) is 0 Å². The maximum absolute atomic E-state index is 8.24. The van der Waals surface area contributed by atoms with Gasteiger partial charge in [0.25, 0.3) is 0 Å². The van der Waals surface area contributed by atoms with Crippen LogP contribution in [0.2, 0.25) is 0 Å². The van der Waals surface area contributed by atoms with Crippen LogP contribution in [-0.4, -0.2) is 31.0 Å². The molecule has 62 valence electrons. The number of aliphatic hydroxyl groups excluding tert-OH is 1. The molecule has 1 saturated heterocycles. The zero-order chi connectivity index (χ0) is 7.82. The molecule has 3 nitrogen and oxygen atoms in total. The predicted molar refractivity (Wildman–Crippen MR) is 40.8 cm³/mol. The molecule has 1 rings (SSSR count). The van der Waals surface area contributed by atoms with Crippen LogP contribution in [0.25, 0.3) is 0 Å². The Hall–Kier alpha value is -0.120. The van der Waals surface area contributed by atoms with E-state index < -0.39 is 0 Å². The molecular formula is C7H17NO2. The molecule has 1 unspecified atom stereocenters. The Labute approximate surface area is 62.2 Å². The molecule has 1 fully saturated rings. The van der Waals surface area contributed by atoms with Crippen LogP contribution in [0.1, 0.15) is 19.8 Å². The summed E-state index contributed by atoms with van der Waals surface area (Å²) in [5.74, 6) is 0. The maximum atomic E-state index is 8.24. The van der Waals surface area contributed by atoms with Crippen molar-refractivity contribution in [2.24, 2.45) is 5.73 Å². The summed E-state index contributed by atoms with van der Waals surface area (Å²) < 4.78 is 4.94. The highest BCUT2D eigenvalue weighted by Crippen LogP contribution is 1.98. The minimum atomic E-state index is -0.338. The average Bonchev–Trinajstić information content (AvgIpc) is 2.43. The van der Waals surface area contributed by atoms with Crippen molar-refractivity contribution in [3.05, 3.63) is 0 Å². The van der Waals surface area contributed by atoms with Gasteiger partial charge in [0, 0.05) is 19.8 Å². The van der Waals surface area contributed by atoms with Crippen molar-refractivity contribution in [3.63, 3.8) is 0 Å². The number of ether oxygens (including phenoxy) is 1. The number of aliphatic hydroxyl groups is 1. The number of hydrogen-bond donors (Lipinski definition) is 2. The van der Waals surface area contributed by atoms with Crippen LogP contribution >= 0.6 is 0 Å². The first-order chi connectivity index (χ1) is 4.77. The van der Waals surface area contributed by atoms with Crippen molar-refractivity contribution >= 4 is 0 Å². The smallest absolute Gasteiger partial charge is 0.0634 e. The van der Waals surface area contributed by atoms with Crippen molar-refractivity contribution < 1.29 is 9.84 Å². The fourth-order valence-corrected chi connectivity index (χ4v) is 0.510. The number of rotatable bonds is 1. The first kappa shape index (κ1) is 9.88. The number of hydrogen-bond acceptors (Lipinski definition) is 3. The van der Waals surface area contributed by atoms with Crippen molar-refractivity contribution in [1.82, 2.24) is 0 Å². The van der Waals surface area contributed by atoms with Crippen LogP contribution < -0.4 is 5.73 Å². The molecule has 0 spiro atoms. The van der Waals surface area contributed by atoms with Crippen molar-refractivity contribution in [2.75, 3.05) is 19.8 Å². The summed E-state index contributed by atoms with van der Waals surface area (Å²) in [6.45, 7) is 4.01. The van der Waals surface area contributed by atoms with Gasteiger partial charge in [0.15, 0.2) is 0 Å². The van der Waals surface area contributed by atoms with E-state index in [1.807, 2.05) is 0 Å². The predicted octanol–water partition coefficient (Wildman–Crippen LogP) is 0.123. The van der Waals surface area contributed by atoms with E-state index >= 15 is 0 Å². The zero-order valence-electron chi connectivity index (χ0n) is 6.55. The van der Waals surface area contributed by atoms with Gasteiger partial charge in [0.2, 0.25) is 0 Å². The summed E-state index contributed by atoms with van der Waals surface area (Å²) in [6, 6.07) is 0. The quantitative estimate of drug-likeness (QED) is 0.554. The summed E-state index contributed by atoms with van der Waals surface area (Å²) >= 11 is 0. The first-order valence-electron chi connectivity index (χ1n) is 3.73. The number of nitrogens with two attached hydrogens (primary N) is 1. The Morgan fingerprint density at radius 3 is 2.00 bits per heavy atom. The Morgan fingerprint density at radius 1 is 1.50 bits per heavy atom. The highest BCUT2D eigenvalue weighted by atomic mass is 16.5. The van der Waals surface area contributed by atoms with Crippen LogP contribution in [0, 0.1) is 0 Å². The van der Waals surface area contributed by atoms with Crippen LogP contribution in [0.5, 0.6) is 0 Å².